The van der Waals surface area contributed by atoms with Gasteiger partial charge < -0.3 is 14.5 Å². The van der Waals surface area contributed by atoms with Crippen LogP contribution in [0.4, 0.5) is 0 Å². The molecule has 7 rings (SSSR count). The van der Waals surface area contributed by atoms with Crippen molar-refractivity contribution in [2.75, 3.05) is 13.1 Å². The Kier molecular flexibility index (Phi) is 4.72. The van der Waals surface area contributed by atoms with E-state index in [1.807, 2.05) is 24.7 Å². The molecule has 174 valence electrons. The minimum Gasteiger partial charge on any atom is -0.361 e. The van der Waals surface area contributed by atoms with Gasteiger partial charge >= 0.3 is 0 Å². The largest absolute Gasteiger partial charge is 0.361 e. The number of H-pyrrole nitrogens is 1. The van der Waals surface area contributed by atoms with Crippen LogP contribution >= 0.6 is 0 Å². The molecule has 1 saturated carbocycles. The van der Waals surface area contributed by atoms with Gasteiger partial charge in [0.05, 0.1) is 11.7 Å². The number of hydrogen-bond donors (Lipinski definition) is 1. The molecule has 2 aromatic carbocycles. The van der Waals surface area contributed by atoms with Crippen molar-refractivity contribution in [3.8, 4) is 22.5 Å². The molecule has 0 unspecified atom stereocenters. The van der Waals surface area contributed by atoms with Gasteiger partial charge in [-0.2, -0.15) is 0 Å². The quantitative estimate of drug-likeness (QED) is 0.376. The molecule has 5 aromatic rings. The highest BCUT2D eigenvalue weighted by Crippen LogP contribution is 2.34. The normalized spacial score (nSPS) is 18.1. The summed E-state index contributed by atoms with van der Waals surface area (Å²) in [5.74, 6) is 2.06. The van der Waals surface area contributed by atoms with Gasteiger partial charge in [-0.1, -0.05) is 36.4 Å². The molecule has 2 aliphatic rings. The number of aromatic amines is 1. The van der Waals surface area contributed by atoms with E-state index >= 15 is 0 Å². The molecule has 0 radical (unpaired) electrons. The van der Waals surface area contributed by atoms with E-state index in [4.69, 9.17) is 4.98 Å². The summed E-state index contributed by atoms with van der Waals surface area (Å²) in [6.45, 7) is 2.58. The smallest absolute Gasteiger partial charge is 0.225 e. The fraction of sp³-hybridized carbons (Fsp3) is 0.276. The minimum absolute atomic E-state index is 0.292. The van der Waals surface area contributed by atoms with Crippen LogP contribution in [-0.4, -0.2) is 43.4 Å². The molecule has 1 amide bonds. The van der Waals surface area contributed by atoms with Crippen molar-refractivity contribution in [1.29, 1.82) is 0 Å². The Hall–Kier alpha value is -3.93. The Morgan fingerprint density at radius 3 is 2.66 bits per heavy atom. The molecule has 1 N–H and O–H groups in total. The third kappa shape index (κ3) is 3.70. The first-order valence-electron chi connectivity index (χ1n) is 12.5. The van der Waals surface area contributed by atoms with Gasteiger partial charge in [0.1, 0.15) is 11.3 Å². The molecule has 6 heteroatoms. The number of likely N-dealkylation sites (tertiary alicyclic amines) is 1. The van der Waals surface area contributed by atoms with Crippen LogP contribution in [0, 0.1) is 11.8 Å². The highest BCUT2D eigenvalue weighted by molar-refractivity contribution is 5.85. The lowest BCUT2D eigenvalue weighted by molar-refractivity contribution is -0.131. The molecule has 1 aliphatic carbocycles. The van der Waals surface area contributed by atoms with Crippen molar-refractivity contribution in [3.63, 3.8) is 0 Å². The number of benzene rings is 2. The predicted octanol–water partition coefficient (Wildman–Crippen LogP) is 5.51. The average Bonchev–Trinajstić information content (AvgIpc) is 3.30. The number of carbonyl (C=O) groups is 1. The van der Waals surface area contributed by atoms with Gasteiger partial charge in [-0.05, 0) is 59.9 Å². The maximum atomic E-state index is 12.6. The summed E-state index contributed by atoms with van der Waals surface area (Å²) in [4.78, 5) is 27.2. The zero-order chi connectivity index (χ0) is 23.4. The summed E-state index contributed by atoms with van der Waals surface area (Å²) < 4.78 is 2.33. The number of carbonyl (C=O) groups excluding carboxylic acids is 1. The molecule has 3 aromatic heterocycles. The van der Waals surface area contributed by atoms with E-state index in [9.17, 15) is 4.79 Å². The monoisotopic (exact) mass is 461 g/mol. The molecule has 1 saturated heterocycles. The molecule has 0 spiro atoms. The maximum absolute atomic E-state index is 12.6. The molecule has 0 bridgehead atoms. The first-order valence-corrected chi connectivity index (χ1v) is 12.5. The number of fused-ring (bicyclic) bond motifs is 2. The first-order chi connectivity index (χ1) is 17.2. The van der Waals surface area contributed by atoms with E-state index in [1.54, 1.807) is 0 Å². The Morgan fingerprint density at radius 2 is 1.80 bits per heavy atom. The molecule has 2 fully saturated rings. The number of imidazole rings is 1. The van der Waals surface area contributed by atoms with Crippen LogP contribution in [0.25, 0.3) is 44.5 Å². The molecular formula is C29H27N5O. The Bertz CT molecular complexity index is 1540. The number of nitrogens with one attached hydrogen (secondary N) is 1. The molecular weight excluding hydrogens is 434 g/mol. The third-order valence-corrected chi connectivity index (χ3v) is 7.55. The summed E-state index contributed by atoms with van der Waals surface area (Å²) >= 11 is 0. The van der Waals surface area contributed by atoms with E-state index in [0.29, 0.717) is 17.7 Å². The summed E-state index contributed by atoms with van der Waals surface area (Å²) in [6, 6.07) is 19.3. The SMILES string of the molecule is O=C(C1CC1)N1CC[C@H](Cn2c(-c3ccc(-c4ccc5cc[nH]c5c4)cc3)nc3cnccc32)C1. The highest BCUT2D eigenvalue weighted by atomic mass is 16.2. The van der Waals surface area contributed by atoms with Gasteiger partial charge in [-0.3, -0.25) is 9.78 Å². The van der Waals surface area contributed by atoms with Crippen molar-refractivity contribution in [2.24, 2.45) is 11.8 Å². The van der Waals surface area contributed by atoms with E-state index in [2.05, 4.69) is 68.0 Å². The Balaban J connectivity index is 1.19. The van der Waals surface area contributed by atoms with Gasteiger partial charge in [0.15, 0.2) is 0 Å². The Labute approximate surface area is 203 Å². The molecule has 1 atom stereocenters. The lowest BCUT2D eigenvalue weighted by atomic mass is 10.0. The zero-order valence-corrected chi connectivity index (χ0v) is 19.5. The van der Waals surface area contributed by atoms with Gasteiger partial charge in [-0.25, -0.2) is 4.98 Å². The van der Waals surface area contributed by atoms with Crippen molar-refractivity contribution in [1.82, 2.24) is 24.4 Å². The number of rotatable bonds is 5. The fourth-order valence-electron chi connectivity index (χ4n) is 5.45. The number of amides is 1. The van der Waals surface area contributed by atoms with E-state index < -0.39 is 0 Å². The van der Waals surface area contributed by atoms with Crippen LogP contribution in [0.15, 0.2) is 73.2 Å². The van der Waals surface area contributed by atoms with Crippen LogP contribution in [-0.2, 0) is 11.3 Å². The first kappa shape index (κ1) is 20.4. The standard InChI is InChI=1S/C29H27N5O/c35-29(23-6-7-23)33-14-11-19(17-33)18-34-27-10-12-30-16-26(27)32-28(34)22-4-1-20(2-5-22)24-8-3-21-9-13-31-25(21)15-24/h1-5,8-10,12-13,15-16,19,23,31H,6-7,11,14,17-18H2/t19-/m0/s1. The number of pyridine rings is 1. The molecule has 4 heterocycles. The maximum Gasteiger partial charge on any atom is 0.225 e. The molecule has 1 aliphatic heterocycles. The number of hydrogen-bond acceptors (Lipinski definition) is 3. The second-order valence-electron chi connectivity index (χ2n) is 9.98. The van der Waals surface area contributed by atoms with Crippen molar-refractivity contribution < 1.29 is 4.79 Å². The summed E-state index contributed by atoms with van der Waals surface area (Å²) in [7, 11) is 0. The fourth-order valence-corrected chi connectivity index (χ4v) is 5.45. The topological polar surface area (TPSA) is 66.8 Å². The van der Waals surface area contributed by atoms with Gasteiger partial charge in [-0.15, -0.1) is 0 Å². The van der Waals surface area contributed by atoms with Crippen molar-refractivity contribution in [3.05, 3.63) is 73.2 Å². The van der Waals surface area contributed by atoms with Crippen LogP contribution in [0.3, 0.4) is 0 Å². The number of nitrogens with zero attached hydrogens (tertiary/aromatic N) is 4. The van der Waals surface area contributed by atoms with E-state index in [1.165, 1.54) is 16.5 Å². The summed E-state index contributed by atoms with van der Waals surface area (Å²) in [5.41, 5.74) is 6.62. The van der Waals surface area contributed by atoms with Gasteiger partial charge in [0.2, 0.25) is 5.91 Å². The van der Waals surface area contributed by atoms with Crippen LogP contribution in [0.1, 0.15) is 19.3 Å². The summed E-state index contributed by atoms with van der Waals surface area (Å²) in [5, 5.41) is 1.22. The second-order valence-corrected chi connectivity index (χ2v) is 9.98. The molecule has 35 heavy (non-hydrogen) atoms. The zero-order valence-electron chi connectivity index (χ0n) is 19.5. The highest BCUT2D eigenvalue weighted by Gasteiger charge is 2.36. The molecule has 6 nitrogen and oxygen atoms in total. The average molecular weight is 462 g/mol. The Morgan fingerprint density at radius 1 is 0.971 bits per heavy atom. The van der Waals surface area contributed by atoms with Crippen LogP contribution < -0.4 is 0 Å². The lowest BCUT2D eigenvalue weighted by Crippen LogP contribution is -2.30. The third-order valence-electron chi connectivity index (χ3n) is 7.55. The van der Waals surface area contributed by atoms with Crippen LogP contribution in [0.2, 0.25) is 0 Å². The number of aromatic nitrogens is 4. The van der Waals surface area contributed by atoms with Crippen LogP contribution in [0.5, 0.6) is 0 Å². The second kappa shape index (κ2) is 8.08. The lowest BCUT2D eigenvalue weighted by Gasteiger charge is -2.18. The predicted molar refractivity (Wildman–Crippen MR) is 138 cm³/mol. The van der Waals surface area contributed by atoms with Gasteiger partial charge in [0, 0.05) is 49.0 Å². The van der Waals surface area contributed by atoms with E-state index in [0.717, 1.165) is 66.8 Å². The van der Waals surface area contributed by atoms with Crippen molar-refractivity contribution in [2.45, 2.75) is 25.8 Å². The van der Waals surface area contributed by atoms with Crippen molar-refractivity contribution >= 4 is 27.8 Å². The summed E-state index contributed by atoms with van der Waals surface area (Å²) in [6.07, 6.45) is 8.83. The van der Waals surface area contributed by atoms with Gasteiger partial charge in [0.25, 0.3) is 0 Å². The van der Waals surface area contributed by atoms with E-state index in [-0.39, 0.29) is 0 Å². The minimum atomic E-state index is 0.292.